The molecule has 0 spiro atoms. The van der Waals surface area contributed by atoms with Crippen LogP contribution in [-0.4, -0.2) is 0 Å². The summed E-state index contributed by atoms with van der Waals surface area (Å²) in [6.07, 6.45) is 15.2. The summed E-state index contributed by atoms with van der Waals surface area (Å²) in [6.45, 7) is 18.9. The van der Waals surface area contributed by atoms with Gasteiger partial charge >= 0.3 is 0 Å². The van der Waals surface area contributed by atoms with Crippen molar-refractivity contribution in [2.24, 2.45) is 10.8 Å². The topological polar surface area (TPSA) is 0 Å². The molecule has 0 saturated carbocycles. The first-order valence-electron chi connectivity index (χ1n) is 17.2. The van der Waals surface area contributed by atoms with Gasteiger partial charge in [0.2, 0.25) is 0 Å². The van der Waals surface area contributed by atoms with Gasteiger partial charge in [0.1, 0.15) is 0 Å². The molecule has 2 unspecified atom stereocenters. The molecule has 0 saturated heterocycles. The Balaban J connectivity index is 1.03. The lowest BCUT2D eigenvalue weighted by molar-refractivity contribution is 0.323. The van der Waals surface area contributed by atoms with Crippen LogP contribution in [0.25, 0.3) is 0 Å². The molecule has 0 radical (unpaired) electrons. The molecule has 3 aromatic rings. The van der Waals surface area contributed by atoms with E-state index in [4.69, 9.17) is 0 Å². The summed E-state index contributed by atoms with van der Waals surface area (Å²) >= 11 is 0. The van der Waals surface area contributed by atoms with Crippen LogP contribution in [0.2, 0.25) is 0 Å². The first kappa shape index (κ1) is 31.1. The van der Waals surface area contributed by atoms with Gasteiger partial charge in [-0.3, -0.25) is 0 Å². The lowest BCUT2D eigenvalue weighted by atomic mass is 9.69. The zero-order chi connectivity index (χ0) is 30.1. The van der Waals surface area contributed by atoms with Crippen LogP contribution in [0.5, 0.6) is 0 Å². The van der Waals surface area contributed by atoms with Gasteiger partial charge in [0.05, 0.1) is 0 Å². The average molecular weight is 563 g/mol. The Morgan fingerprint density at radius 1 is 0.524 bits per heavy atom. The van der Waals surface area contributed by atoms with Crippen LogP contribution in [0.3, 0.4) is 0 Å². The number of hydrogen-bond donors (Lipinski definition) is 0. The molecule has 0 aromatic heterocycles. The van der Waals surface area contributed by atoms with E-state index in [0.717, 1.165) is 11.8 Å². The first-order valence-corrected chi connectivity index (χ1v) is 17.2. The van der Waals surface area contributed by atoms with Crippen LogP contribution in [0.4, 0.5) is 0 Å². The third kappa shape index (κ3) is 7.98. The Labute approximate surface area is 258 Å². The van der Waals surface area contributed by atoms with E-state index in [9.17, 15) is 0 Å². The Hall–Kier alpha value is -2.34. The van der Waals surface area contributed by atoms with E-state index in [-0.39, 0.29) is 0 Å². The number of hydrogen-bond acceptors (Lipinski definition) is 0. The van der Waals surface area contributed by atoms with Crippen LogP contribution >= 0.6 is 0 Å². The standard InChI is InChI=1S/C42H58/c1-29-21-34(16-12-10-14-32-18-20-40-36(24-32)26-38(40)28-42(6,7)8)30(2)22-33(29)15-11-9-13-31-17-19-39-35(23-31)25-37(39)27-41(3,4)5/h17-24,37-38H,9-16,25-28H2,1-8H3. The molecule has 2 aliphatic rings. The second kappa shape index (κ2) is 12.7. The van der Waals surface area contributed by atoms with Gasteiger partial charge in [-0.25, -0.2) is 0 Å². The smallest absolute Gasteiger partial charge is 0.0114 e. The number of unbranched alkanes of at least 4 members (excludes halogenated alkanes) is 2. The molecule has 5 rings (SSSR count). The maximum atomic E-state index is 2.51. The maximum Gasteiger partial charge on any atom is -0.0114 e. The second-order valence-electron chi connectivity index (χ2n) is 16.5. The molecule has 0 amide bonds. The van der Waals surface area contributed by atoms with E-state index in [2.05, 4.69) is 104 Å². The molecule has 0 heteroatoms. The van der Waals surface area contributed by atoms with Gasteiger partial charge in [-0.05, 0) is 169 Å². The fourth-order valence-electron chi connectivity index (χ4n) is 7.87. The molecule has 3 aromatic carbocycles. The van der Waals surface area contributed by atoms with Crippen molar-refractivity contribution in [3.05, 3.63) is 104 Å². The molecular weight excluding hydrogens is 504 g/mol. The van der Waals surface area contributed by atoms with Gasteiger partial charge in [0.25, 0.3) is 0 Å². The van der Waals surface area contributed by atoms with E-state index in [1.54, 1.807) is 44.5 Å². The monoisotopic (exact) mass is 562 g/mol. The lowest BCUT2D eigenvalue weighted by Crippen LogP contribution is -2.22. The van der Waals surface area contributed by atoms with E-state index in [0.29, 0.717) is 10.8 Å². The summed E-state index contributed by atoms with van der Waals surface area (Å²) in [5.41, 5.74) is 16.5. The van der Waals surface area contributed by atoms with Gasteiger partial charge in [0.15, 0.2) is 0 Å². The fourth-order valence-corrected chi connectivity index (χ4v) is 7.87. The largest absolute Gasteiger partial charge is 0.0602 e. The fraction of sp³-hybridized carbons (Fsp3) is 0.571. The number of aryl methyl sites for hydroxylation is 6. The van der Waals surface area contributed by atoms with Gasteiger partial charge < -0.3 is 0 Å². The van der Waals surface area contributed by atoms with Crippen molar-refractivity contribution in [2.75, 3.05) is 0 Å². The van der Waals surface area contributed by atoms with Crippen LogP contribution in [0.1, 0.15) is 148 Å². The summed E-state index contributed by atoms with van der Waals surface area (Å²) < 4.78 is 0. The molecule has 2 aliphatic carbocycles. The van der Waals surface area contributed by atoms with Crippen LogP contribution in [0.15, 0.2) is 48.5 Å². The molecule has 0 nitrogen and oxygen atoms in total. The molecule has 2 atom stereocenters. The highest BCUT2D eigenvalue weighted by molar-refractivity contribution is 5.44. The molecule has 0 bridgehead atoms. The van der Waals surface area contributed by atoms with Crippen molar-refractivity contribution in [3.63, 3.8) is 0 Å². The van der Waals surface area contributed by atoms with Gasteiger partial charge in [-0.1, -0.05) is 90.1 Å². The van der Waals surface area contributed by atoms with Crippen molar-refractivity contribution >= 4 is 0 Å². The van der Waals surface area contributed by atoms with Gasteiger partial charge in [-0.2, -0.15) is 0 Å². The third-order valence-electron chi connectivity index (χ3n) is 10.1. The summed E-state index contributed by atoms with van der Waals surface area (Å²) in [5.74, 6) is 1.57. The minimum Gasteiger partial charge on any atom is -0.0602 e. The highest BCUT2D eigenvalue weighted by atomic mass is 14.4. The average Bonchev–Trinajstić information content (AvgIpc) is 2.87. The Bertz CT molecular complexity index is 1270. The third-order valence-corrected chi connectivity index (χ3v) is 10.1. The van der Waals surface area contributed by atoms with E-state index in [1.807, 2.05) is 0 Å². The SMILES string of the molecule is Cc1cc(CCCCc2ccc3c(c2)CC3CC(C)(C)C)c(C)cc1CCCCc1ccc2c(c1)CC2CC(C)(C)C. The van der Waals surface area contributed by atoms with Gasteiger partial charge in [0, 0.05) is 0 Å². The van der Waals surface area contributed by atoms with E-state index >= 15 is 0 Å². The predicted molar refractivity (Wildman–Crippen MR) is 183 cm³/mol. The van der Waals surface area contributed by atoms with Crippen LogP contribution in [-0.2, 0) is 38.5 Å². The highest BCUT2D eigenvalue weighted by Crippen LogP contribution is 2.44. The number of fused-ring (bicyclic) bond motifs is 2. The Kier molecular flexibility index (Phi) is 9.42. The van der Waals surface area contributed by atoms with E-state index < -0.39 is 0 Å². The highest BCUT2D eigenvalue weighted by Gasteiger charge is 2.30. The summed E-state index contributed by atoms with van der Waals surface area (Å²) in [5, 5.41) is 0. The number of benzene rings is 3. The quantitative estimate of drug-likeness (QED) is 0.193. The molecule has 0 heterocycles. The predicted octanol–water partition coefficient (Wildman–Crippen LogP) is 11.6. The summed E-state index contributed by atoms with van der Waals surface area (Å²) in [4.78, 5) is 0. The minimum atomic E-state index is 0.426. The van der Waals surface area contributed by atoms with E-state index in [1.165, 1.54) is 88.2 Å². The van der Waals surface area contributed by atoms with Crippen molar-refractivity contribution in [1.29, 1.82) is 0 Å². The number of rotatable bonds is 12. The van der Waals surface area contributed by atoms with Crippen molar-refractivity contribution < 1.29 is 0 Å². The molecule has 0 fully saturated rings. The molecule has 226 valence electrons. The lowest BCUT2D eigenvalue weighted by Gasteiger charge is -2.35. The molecule has 0 N–H and O–H groups in total. The van der Waals surface area contributed by atoms with Crippen molar-refractivity contribution in [3.8, 4) is 0 Å². The summed E-state index contributed by atoms with van der Waals surface area (Å²) in [7, 11) is 0. The molecular formula is C42H58. The Morgan fingerprint density at radius 2 is 0.905 bits per heavy atom. The maximum absolute atomic E-state index is 2.51. The second-order valence-corrected chi connectivity index (χ2v) is 16.5. The Morgan fingerprint density at radius 3 is 1.26 bits per heavy atom. The first-order chi connectivity index (χ1) is 19.8. The zero-order valence-corrected chi connectivity index (χ0v) is 28.3. The zero-order valence-electron chi connectivity index (χ0n) is 28.3. The normalized spacial score (nSPS) is 17.8. The van der Waals surface area contributed by atoms with Crippen molar-refractivity contribution in [1.82, 2.24) is 0 Å². The molecule has 42 heavy (non-hydrogen) atoms. The van der Waals surface area contributed by atoms with Gasteiger partial charge in [-0.15, -0.1) is 0 Å². The van der Waals surface area contributed by atoms with Crippen LogP contribution in [0, 0.1) is 24.7 Å². The van der Waals surface area contributed by atoms with Crippen molar-refractivity contribution in [2.45, 2.75) is 144 Å². The molecule has 0 aliphatic heterocycles. The van der Waals surface area contributed by atoms with Crippen LogP contribution < -0.4 is 0 Å². The summed E-state index contributed by atoms with van der Waals surface area (Å²) in [6, 6.07) is 19.7. The minimum absolute atomic E-state index is 0.426.